The Balaban J connectivity index is 1.78. The summed E-state index contributed by atoms with van der Waals surface area (Å²) in [6.45, 7) is 6.06. The highest BCUT2D eigenvalue weighted by molar-refractivity contribution is 5.93. The van der Waals surface area contributed by atoms with Crippen LogP contribution in [-0.4, -0.2) is 42.0 Å². The Morgan fingerprint density at radius 1 is 1.40 bits per heavy atom. The van der Waals surface area contributed by atoms with Crippen molar-refractivity contribution in [3.8, 4) is 0 Å². The second kappa shape index (κ2) is 7.24. The molecule has 1 aromatic heterocycles. The van der Waals surface area contributed by atoms with Gasteiger partial charge in [0.2, 0.25) is 0 Å². The molecule has 0 saturated carbocycles. The minimum atomic E-state index is -0.294. The molecule has 0 aromatic carbocycles. The van der Waals surface area contributed by atoms with Crippen molar-refractivity contribution in [3.05, 3.63) is 34.2 Å². The first kappa shape index (κ1) is 14.8. The number of rotatable bonds is 5. The number of likely N-dealkylation sites (tertiary alicyclic amines) is 1. The molecular formula is C15H23N3O2. The fraction of sp³-hybridized carbons (Fsp3) is 0.600. The molecule has 2 heterocycles. The topological polar surface area (TPSA) is 65.2 Å². The molecule has 20 heavy (non-hydrogen) atoms. The average molecular weight is 277 g/mol. The summed E-state index contributed by atoms with van der Waals surface area (Å²) in [7, 11) is 0. The van der Waals surface area contributed by atoms with E-state index in [9.17, 15) is 9.59 Å². The third-order valence-corrected chi connectivity index (χ3v) is 3.70. The Hall–Kier alpha value is -1.62. The van der Waals surface area contributed by atoms with Crippen LogP contribution in [-0.2, 0) is 0 Å². The lowest BCUT2D eigenvalue weighted by Gasteiger charge is -2.29. The lowest BCUT2D eigenvalue weighted by Crippen LogP contribution is -2.38. The summed E-state index contributed by atoms with van der Waals surface area (Å²) in [6, 6.07) is 1.37. The minimum Gasteiger partial charge on any atom is -0.367 e. The van der Waals surface area contributed by atoms with Crippen LogP contribution in [0.2, 0.25) is 0 Å². The maximum atomic E-state index is 11.9. The highest BCUT2D eigenvalue weighted by Gasteiger charge is 2.15. The van der Waals surface area contributed by atoms with Crippen LogP contribution in [0.15, 0.2) is 23.3 Å². The fourth-order valence-electron chi connectivity index (χ4n) is 2.60. The Morgan fingerprint density at radius 2 is 2.15 bits per heavy atom. The highest BCUT2D eigenvalue weighted by atomic mass is 16.2. The number of nitrogens with zero attached hydrogens (tertiary/aromatic N) is 1. The molecule has 0 bridgehead atoms. The van der Waals surface area contributed by atoms with Crippen molar-refractivity contribution in [1.82, 2.24) is 15.2 Å². The molecular weight excluding hydrogens is 254 g/mol. The van der Waals surface area contributed by atoms with Gasteiger partial charge in [-0.3, -0.25) is 9.59 Å². The predicted molar refractivity (Wildman–Crippen MR) is 78.9 cm³/mol. The summed E-state index contributed by atoms with van der Waals surface area (Å²) in [5.41, 5.74) is -0.0670. The Labute approximate surface area is 119 Å². The molecule has 2 N–H and O–H groups in total. The summed E-state index contributed by atoms with van der Waals surface area (Å²) in [5.74, 6) is 0.0946. The first-order chi connectivity index (χ1) is 9.66. The smallest absolute Gasteiger partial charge is 0.256 e. The monoisotopic (exact) mass is 277 g/mol. The van der Waals surface area contributed by atoms with Crippen LogP contribution >= 0.6 is 0 Å². The van der Waals surface area contributed by atoms with Crippen molar-refractivity contribution in [2.45, 2.75) is 26.2 Å². The molecule has 0 radical (unpaired) electrons. The van der Waals surface area contributed by atoms with Crippen LogP contribution in [0.4, 0.5) is 0 Å². The number of piperidine rings is 1. The number of hydrogen-bond acceptors (Lipinski definition) is 3. The van der Waals surface area contributed by atoms with Gasteiger partial charge in [-0.15, -0.1) is 0 Å². The first-order valence-electron chi connectivity index (χ1n) is 7.34. The lowest BCUT2D eigenvalue weighted by molar-refractivity contribution is 0.0941. The van der Waals surface area contributed by atoms with Crippen LogP contribution in [0.5, 0.6) is 0 Å². The van der Waals surface area contributed by atoms with E-state index in [1.165, 1.54) is 37.7 Å². The van der Waals surface area contributed by atoms with E-state index in [2.05, 4.69) is 22.1 Å². The van der Waals surface area contributed by atoms with E-state index in [1.807, 2.05) is 0 Å². The largest absolute Gasteiger partial charge is 0.367 e. The van der Waals surface area contributed by atoms with Crippen LogP contribution in [0.3, 0.4) is 0 Å². The van der Waals surface area contributed by atoms with Gasteiger partial charge in [0.1, 0.15) is 5.56 Å². The zero-order chi connectivity index (χ0) is 14.4. The van der Waals surface area contributed by atoms with Gasteiger partial charge < -0.3 is 15.2 Å². The molecule has 0 spiro atoms. The third-order valence-electron chi connectivity index (χ3n) is 3.70. The van der Waals surface area contributed by atoms with Crippen molar-refractivity contribution >= 4 is 5.91 Å². The number of hydrogen-bond donors (Lipinski definition) is 2. The van der Waals surface area contributed by atoms with E-state index in [0.717, 1.165) is 19.6 Å². The molecule has 110 valence electrons. The van der Waals surface area contributed by atoms with Gasteiger partial charge in [0.15, 0.2) is 5.43 Å². The molecule has 1 amide bonds. The zero-order valence-corrected chi connectivity index (χ0v) is 12.0. The lowest BCUT2D eigenvalue weighted by atomic mass is 10.1. The number of nitrogens with one attached hydrogen (secondary N) is 2. The van der Waals surface area contributed by atoms with Crippen molar-refractivity contribution in [2.75, 3.05) is 26.2 Å². The second-order valence-electron chi connectivity index (χ2n) is 5.60. The summed E-state index contributed by atoms with van der Waals surface area (Å²) < 4.78 is 0. The van der Waals surface area contributed by atoms with Gasteiger partial charge in [0, 0.05) is 31.5 Å². The molecule has 1 aliphatic heterocycles. The van der Waals surface area contributed by atoms with E-state index in [1.54, 1.807) is 0 Å². The number of pyridine rings is 1. The Kier molecular flexibility index (Phi) is 5.35. The Bertz CT molecular complexity index is 492. The summed E-state index contributed by atoms with van der Waals surface area (Å²) in [5, 5.41) is 2.84. The minimum absolute atomic E-state index is 0.178. The van der Waals surface area contributed by atoms with E-state index in [4.69, 9.17) is 0 Å². The first-order valence-corrected chi connectivity index (χ1v) is 7.34. The molecule has 2 rings (SSSR count). The third kappa shape index (κ3) is 4.20. The van der Waals surface area contributed by atoms with Gasteiger partial charge in [-0.25, -0.2) is 0 Å². The summed E-state index contributed by atoms with van der Waals surface area (Å²) in [4.78, 5) is 28.7. The van der Waals surface area contributed by atoms with Crippen LogP contribution in [0.1, 0.15) is 36.5 Å². The van der Waals surface area contributed by atoms with Gasteiger partial charge in [-0.1, -0.05) is 13.3 Å². The summed E-state index contributed by atoms with van der Waals surface area (Å²) >= 11 is 0. The number of aromatic amines is 1. The molecule has 1 fully saturated rings. The molecule has 0 aliphatic carbocycles. The molecule has 1 aromatic rings. The quantitative estimate of drug-likeness (QED) is 0.850. The van der Waals surface area contributed by atoms with Gasteiger partial charge in [-0.05, 0) is 31.8 Å². The fourth-order valence-corrected chi connectivity index (χ4v) is 2.60. The molecule has 1 unspecified atom stereocenters. The second-order valence-corrected chi connectivity index (χ2v) is 5.60. The number of carbonyl (C=O) groups is 1. The summed E-state index contributed by atoms with van der Waals surface area (Å²) in [6.07, 6.45) is 6.86. The van der Waals surface area contributed by atoms with Gasteiger partial charge in [-0.2, -0.15) is 0 Å². The molecule has 1 saturated heterocycles. The molecule has 5 nitrogen and oxygen atoms in total. The van der Waals surface area contributed by atoms with Gasteiger partial charge in [0.25, 0.3) is 5.91 Å². The SMILES string of the molecule is CC(CNC(=O)c1c[nH]ccc1=O)CN1CCCCC1. The van der Waals surface area contributed by atoms with Gasteiger partial charge in [0.05, 0.1) is 0 Å². The van der Waals surface area contributed by atoms with E-state index in [-0.39, 0.29) is 16.9 Å². The van der Waals surface area contributed by atoms with Crippen molar-refractivity contribution in [2.24, 2.45) is 5.92 Å². The van der Waals surface area contributed by atoms with Crippen molar-refractivity contribution in [1.29, 1.82) is 0 Å². The normalized spacial score (nSPS) is 17.6. The zero-order valence-electron chi connectivity index (χ0n) is 12.0. The maximum absolute atomic E-state index is 11.9. The van der Waals surface area contributed by atoms with Crippen LogP contribution in [0, 0.1) is 5.92 Å². The van der Waals surface area contributed by atoms with Crippen LogP contribution in [0.25, 0.3) is 0 Å². The molecule has 1 atom stereocenters. The van der Waals surface area contributed by atoms with E-state index in [0.29, 0.717) is 12.5 Å². The van der Waals surface area contributed by atoms with Gasteiger partial charge >= 0.3 is 0 Å². The Morgan fingerprint density at radius 3 is 2.85 bits per heavy atom. The average Bonchev–Trinajstić information content (AvgIpc) is 2.46. The van der Waals surface area contributed by atoms with E-state index >= 15 is 0 Å². The number of aromatic nitrogens is 1. The van der Waals surface area contributed by atoms with Crippen LogP contribution < -0.4 is 10.7 Å². The highest BCUT2D eigenvalue weighted by Crippen LogP contribution is 2.10. The van der Waals surface area contributed by atoms with Crippen molar-refractivity contribution in [3.63, 3.8) is 0 Å². The maximum Gasteiger partial charge on any atom is 0.256 e. The number of carbonyl (C=O) groups excluding carboxylic acids is 1. The molecule has 5 heteroatoms. The molecule has 1 aliphatic rings. The number of H-pyrrole nitrogens is 1. The standard InChI is InChI=1S/C15H23N3O2/c1-12(11-18-7-3-2-4-8-18)9-17-15(20)13-10-16-6-5-14(13)19/h5-6,10,12H,2-4,7-9,11H2,1H3,(H,16,19)(H,17,20). The number of amides is 1. The van der Waals surface area contributed by atoms with Crippen molar-refractivity contribution < 1.29 is 4.79 Å². The predicted octanol–water partition coefficient (Wildman–Crippen LogP) is 1.23. The van der Waals surface area contributed by atoms with E-state index < -0.39 is 0 Å².